The Morgan fingerprint density at radius 2 is 1.91 bits per heavy atom. The lowest BCUT2D eigenvalue weighted by Crippen LogP contribution is -2.39. The van der Waals surface area contributed by atoms with Crippen LogP contribution in [0.2, 0.25) is 0 Å². The first-order valence-electron chi connectivity index (χ1n) is 11.0. The van der Waals surface area contributed by atoms with E-state index in [1.165, 1.54) is 16.8 Å². The average molecular weight is 476 g/mol. The molecule has 0 unspecified atom stereocenters. The maximum Gasteiger partial charge on any atom is 0.331 e. The molecular formula is C25H25N5O5. The summed E-state index contributed by atoms with van der Waals surface area (Å²) >= 11 is 0. The van der Waals surface area contributed by atoms with Gasteiger partial charge in [0.1, 0.15) is 11.4 Å². The zero-order chi connectivity index (χ0) is 24.9. The summed E-state index contributed by atoms with van der Waals surface area (Å²) in [6, 6.07) is 12.1. The molecule has 0 aliphatic heterocycles. The van der Waals surface area contributed by atoms with Gasteiger partial charge in [-0.25, -0.2) is 14.8 Å². The number of rotatable bonds is 8. The van der Waals surface area contributed by atoms with Gasteiger partial charge in [0.2, 0.25) is 5.88 Å². The van der Waals surface area contributed by atoms with Crippen LogP contribution >= 0.6 is 0 Å². The lowest BCUT2D eigenvalue weighted by molar-refractivity contribution is 0.0946. The monoisotopic (exact) mass is 475 g/mol. The molecule has 1 aromatic carbocycles. The largest absolute Gasteiger partial charge is 0.497 e. The molecule has 35 heavy (non-hydrogen) atoms. The van der Waals surface area contributed by atoms with E-state index in [0.717, 1.165) is 15.7 Å². The molecule has 10 nitrogen and oxygen atoms in total. The molecule has 0 aliphatic rings. The molecule has 0 saturated heterocycles. The fourth-order valence-electron chi connectivity index (χ4n) is 3.68. The van der Waals surface area contributed by atoms with Gasteiger partial charge in [-0.3, -0.25) is 18.7 Å². The third kappa shape index (κ3) is 5.06. The van der Waals surface area contributed by atoms with Gasteiger partial charge in [0.25, 0.3) is 11.5 Å². The summed E-state index contributed by atoms with van der Waals surface area (Å²) in [5.41, 5.74) is 0.971. The molecule has 0 spiro atoms. The average Bonchev–Trinajstić information content (AvgIpc) is 2.88. The Morgan fingerprint density at radius 1 is 1.09 bits per heavy atom. The summed E-state index contributed by atoms with van der Waals surface area (Å²) < 4.78 is 13.1. The third-order valence-electron chi connectivity index (χ3n) is 5.49. The van der Waals surface area contributed by atoms with E-state index in [0.29, 0.717) is 23.8 Å². The number of benzene rings is 1. The van der Waals surface area contributed by atoms with Crippen LogP contribution in [0.3, 0.4) is 0 Å². The standard InChI is InChI=1S/C25H25N5O5/c1-4-35-22-11-16(8-9-26-22)13-28-23(31)20-12-19-21(14-27-20)29(2)25(33)30(24(19)32)15-17-6-5-7-18(10-17)34-3/h5-12,14H,4,13,15H2,1-3H3,(H,28,31). The Morgan fingerprint density at radius 3 is 2.69 bits per heavy atom. The van der Waals surface area contributed by atoms with Gasteiger partial charge in [0.15, 0.2) is 0 Å². The van der Waals surface area contributed by atoms with Crippen molar-refractivity contribution in [3.8, 4) is 11.6 Å². The van der Waals surface area contributed by atoms with E-state index < -0.39 is 17.2 Å². The quantitative estimate of drug-likeness (QED) is 0.413. The van der Waals surface area contributed by atoms with Crippen LogP contribution in [-0.4, -0.2) is 38.7 Å². The minimum absolute atomic E-state index is 0.0622. The van der Waals surface area contributed by atoms with E-state index >= 15 is 0 Å². The van der Waals surface area contributed by atoms with Crippen molar-refractivity contribution in [2.75, 3.05) is 13.7 Å². The molecule has 0 radical (unpaired) electrons. The van der Waals surface area contributed by atoms with Crippen molar-refractivity contribution in [2.24, 2.45) is 7.05 Å². The summed E-state index contributed by atoms with van der Waals surface area (Å²) in [5, 5.41) is 3.01. The number of hydrogen-bond donors (Lipinski definition) is 1. The SMILES string of the molecule is CCOc1cc(CNC(=O)c2cc3c(=O)n(Cc4cccc(OC)c4)c(=O)n(C)c3cn2)ccn1. The van der Waals surface area contributed by atoms with Gasteiger partial charge < -0.3 is 14.8 Å². The topological polar surface area (TPSA) is 117 Å². The zero-order valence-corrected chi connectivity index (χ0v) is 19.6. The molecule has 3 heterocycles. The van der Waals surface area contributed by atoms with Crippen molar-refractivity contribution >= 4 is 16.8 Å². The van der Waals surface area contributed by atoms with Gasteiger partial charge in [-0.2, -0.15) is 0 Å². The molecule has 180 valence electrons. The van der Waals surface area contributed by atoms with Crippen LogP contribution in [0.4, 0.5) is 0 Å². The molecule has 4 rings (SSSR count). The van der Waals surface area contributed by atoms with Gasteiger partial charge in [0.05, 0.1) is 37.4 Å². The minimum Gasteiger partial charge on any atom is -0.497 e. The molecule has 4 aromatic rings. The Bertz CT molecular complexity index is 1510. The van der Waals surface area contributed by atoms with E-state index in [2.05, 4.69) is 15.3 Å². The second-order valence-electron chi connectivity index (χ2n) is 7.79. The third-order valence-corrected chi connectivity index (χ3v) is 5.49. The van der Waals surface area contributed by atoms with Gasteiger partial charge in [0, 0.05) is 25.9 Å². The van der Waals surface area contributed by atoms with Gasteiger partial charge in [-0.15, -0.1) is 0 Å². The van der Waals surface area contributed by atoms with E-state index in [9.17, 15) is 14.4 Å². The van der Waals surface area contributed by atoms with Crippen LogP contribution in [0.25, 0.3) is 10.9 Å². The number of aryl methyl sites for hydroxylation is 1. The van der Waals surface area contributed by atoms with Crippen LogP contribution in [0.15, 0.2) is 64.4 Å². The Kier molecular flexibility index (Phi) is 6.91. The molecule has 10 heteroatoms. The van der Waals surface area contributed by atoms with Crippen LogP contribution in [-0.2, 0) is 20.1 Å². The van der Waals surface area contributed by atoms with E-state index in [1.807, 2.05) is 6.92 Å². The number of aromatic nitrogens is 4. The highest BCUT2D eigenvalue weighted by atomic mass is 16.5. The predicted octanol–water partition coefficient (Wildman–Crippen LogP) is 1.88. The molecule has 1 amide bonds. The van der Waals surface area contributed by atoms with Crippen LogP contribution < -0.4 is 26.0 Å². The number of amides is 1. The number of carbonyl (C=O) groups is 1. The van der Waals surface area contributed by atoms with Crippen LogP contribution in [0.5, 0.6) is 11.6 Å². The normalized spacial score (nSPS) is 10.8. The molecule has 0 atom stereocenters. The first-order valence-corrected chi connectivity index (χ1v) is 11.0. The maximum absolute atomic E-state index is 13.3. The highest BCUT2D eigenvalue weighted by Crippen LogP contribution is 2.14. The van der Waals surface area contributed by atoms with E-state index in [1.54, 1.807) is 56.8 Å². The number of nitrogens with zero attached hydrogens (tertiary/aromatic N) is 4. The van der Waals surface area contributed by atoms with Crippen molar-refractivity contribution in [3.05, 3.63) is 92.5 Å². The summed E-state index contributed by atoms with van der Waals surface area (Å²) in [4.78, 5) is 47.2. The van der Waals surface area contributed by atoms with Crippen molar-refractivity contribution in [2.45, 2.75) is 20.0 Å². The highest BCUT2D eigenvalue weighted by Gasteiger charge is 2.16. The Balaban J connectivity index is 1.63. The molecule has 0 fully saturated rings. The summed E-state index contributed by atoms with van der Waals surface area (Å²) in [5.74, 6) is 0.647. The predicted molar refractivity (Wildman–Crippen MR) is 130 cm³/mol. The van der Waals surface area contributed by atoms with Gasteiger partial charge >= 0.3 is 5.69 Å². The smallest absolute Gasteiger partial charge is 0.331 e. The lowest BCUT2D eigenvalue weighted by Gasteiger charge is -2.12. The number of pyridine rings is 2. The molecule has 1 N–H and O–H groups in total. The van der Waals surface area contributed by atoms with Crippen molar-refractivity contribution < 1.29 is 14.3 Å². The van der Waals surface area contributed by atoms with Crippen molar-refractivity contribution in [3.63, 3.8) is 0 Å². The Labute approximate surface area is 200 Å². The summed E-state index contributed by atoms with van der Waals surface area (Å²) in [6.07, 6.45) is 2.97. The number of carbonyl (C=O) groups excluding carboxylic acids is 1. The fraction of sp³-hybridized carbons (Fsp3) is 0.240. The number of fused-ring (bicyclic) bond motifs is 1. The first kappa shape index (κ1) is 23.7. The van der Waals surface area contributed by atoms with Gasteiger partial charge in [-0.05, 0) is 42.3 Å². The highest BCUT2D eigenvalue weighted by molar-refractivity contribution is 5.95. The van der Waals surface area contributed by atoms with Crippen molar-refractivity contribution in [1.29, 1.82) is 0 Å². The summed E-state index contributed by atoms with van der Waals surface area (Å²) in [6.45, 7) is 2.64. The van der Waals surface area contributed by atoms with Crippen molar-refractivity contribution in [1.82, 2.24) is 24.4 Å². The minimum atomic E-state index is -0.502. The molecule has 0 aliphatic carbocycles. The number of ether oxygens (including phenoxy) is 2. The van der Waals surface area contributed by atoms with E-state index in [4.69, 9.17) is 9.47 Å². The fourth-order valence-corrected chi connectivity index (χ4v) is 3.68. The second kappa shape index (κ2) is 10.2. The molecule has 3 aromatic heterocycles. The molecular weight excluding hydrogens is 450 g/mol. The summed E-state index contributed by atoms with van der Waals surface area (Å²) in [7, 11) is 3.11. The number of nitrogens with one attached hydrogen (secondary N) is 1. The first-order chi connectivity index (χ1) is 16.9. The Hall–Kier alpha value is -4.47. The molecule has 0 saturated carbocycles. The second-order valence-corrected chi connectivity index (χ2v) is 7.79. The van der Waals surface area contributed by atoms with Crippen LogP contribution in [0.1, 0.15) is 28.5 Å². The zero-order valence-electron chi connectivity index (χ0n) is 19.6. The van der Waals surface area contributed by atoms with Crippen LogP contribution in [0, 0.1) is 0 Å². The number of hydrogen-bond acceptors (Lipinski definition) is 7. The molecule has 0 bridgehead atoms. The maximum atomic E-state index is 13.3. The van der Waals surface area contributed by atoms with E-state index in [-0.39, 0.29) is 24.2 Å². The lowest BCUT2D eigenvalue weighted by atomic mass is 10.2. The number of methoxy groups -OCH3 is 1. The van der Waals surface area contributed by atoms with Gasteiger partial charge in [-0.1, -0.05) is 12.1 Å².